The van der Waals surface area contributed by atoms with Crippen LogP contribution in [0.1, 0.15) is 34.9 Å². The van der Waals surface area contributed by atoms with Gasteiger partial charge in [0.1, 0.15) is 6.54 Å². The monoisotopic (exact) mass is 390 g/mol. The van der Waals surface area contributed by atoms with Crippen molar-refractivity contribution in [3.8, 4) is 0 Å². The number of rotatable bonds is 7. The van der Waals surface area contributed by atoms with Crippen molar-refractivity contribution >= 4 is 16.0 Å². The Balaban J connectivity index is 2.55. The van der Waals surface area contributed by atoms with E-state index in [0.29, 0.717) is 16.8 Å². The number of benzene rings is 1. The molecule has 2 rings (SSSR count). The molecule has 0 aliphatic heterocycles. The minimum absolute atomic E-state index is 0.00609. The minimum atomic E-state index is -3.93. The molecule has 0 fully saturated rings. The lowest BCUT2D eigenvalue weighted by atomic mass is 10.0. The van der Waals surface area contributed by atoms with Crippen LogP contribution in [-0.2, 0) is 26.1 Å². The molecule has 1 aromatic carbocycles. The van der Waals surface area contributed by atoms with Crippen LogP contribution in [0.4, 0.5) is 0 Å². The molecule has 0 aliphatic carbocycles. The summed E-state index contributed by atoms with van der Waals surface area (Å²) in [5.74, 6) is -0.586. The van der Waals surface area contributed by atoms with E-state index in [9.17, 15) is 13.2 Å². The van der Waals surface area contributed by atoms with Crippen molar-refractivity contribution in [1.29, 1.82) is 0 Å². The summed E-state index contributed by atoms with van der Waals surface area (Å²) in [5.41, 5.74) is 3.72. The Kier molecular flexibility index (Phi) is 6.73. The van der Waals surface area contributed by atoms with E-state index in [2.05, 4.69) is 4.98 Å². The first-order valence-corrected chi connectivity index (χ1v) is 10.3. The molecule has 1 aromatic heterocycles. The van der Waals surface area contributed by atoms with Crippen LogP contribution in [0.2, 0.25) is 0 Å². The largest absolute Gasteiger partial charge is 0.465 e. The van der Waals surface area contributed by atoms with Gasteiger partial charge >= 0.3 is 5.97 Å². The Morgan fingerprint density at radius 3 is 2.26 bits per heavy atom. The standard InChI is InChI=1S/C20H26N2O4S/c1-6-26-19(23)13-22(12-18-9-7-8-10-21-18)27(24,25)20-16(4)14(2)11-15(3)17(20)5/h7-11H,6,12-13H2,1-5H3. The molecule has 6 nitrogen and oxygen atoms in total. The first-order valence-electron chi connectivity index (χ1n) is 8.81. The molecule has 0 atom stereocenters. The zero-order chi connectivity index (χ0) is 20.2. The number of hydrogen-bond acceptors (Lipinski definition) is 5. The topological polar surface area (TPSA) is 76.6 Å². The summed E-state index contributed by atoms with van der Waals surface area (Å²) in [5, 5.41) is 0. The van der Waals surface area contributed by atoms with Crippen LogP contribution >= 0.6 is 0 Å². The summed E-state index contributed by atoms with van der Waals surface area (Å²) < 4.78 is 33.1. The van der Waals surface area contributed by atoms with Gasteiger partial charge in [0.2, 0.25) is 10.0 Å². The van der Waals surface area contributed by atoms with Gasteiger partial charge in [0.25, 0.3) is 0 Å². The number of pyridine rings is 1. The van der Waals surface area contributed by atoms with Crippen molar-refractivity contribution in [3.63, 3.8) is 0 Å². The second-order valence-electron chi connectivity index (χ2n) is 6.49. The zero-order valence-corrected chi connectivity index (χ0v) is 17.3. The summed E-state index contributed by atoms with van der Waals surface area (Å²) in [7, 11) is -3.93. The minimum Gasteiger partial charge on any atom is -0.465 e. The molecule has 27 heavy (non-hydrogen) atoms. The van der Waals surface area contributed by atoms with Gasteiger partial charge < -0.3 is 4.74 Å². The first kappa shape index (κ1) is 21.1. The van der Waals surface area contributed by atoms with Crippen LogP contribution in [0.25, 0.3) is 0 Å². The van der Waals surface area contributed by atoms with Gasteiger partial charge in [-0.15, -0.1) is 0 Å². The number of ether oxygens (including phenoxy) is 1. The van der Waals surface area contributed by atoms with Crippen molar-refractivity contribution in [2.45, 2.75) is 46.1 Å². The van der Waals surface area contributed by atoms with Gasteiger partial charge in [0.05, 0.1) is 23.7 Å². The Bertz CT molecular complexity index is 898. The van der Waals surface area contributed by atoms with E-state index in [-0.39, 0.29) is 24.6 Å². The maximum Gasteiger partial charge on any atom is 0.321 e. The Labute approximate surface area is 161 Å². The lowest BCUT2D eigenvalue weighted by molar-refractivity contribution is -0.143. The molecule has 2 aromatic rings. The van der Waals surface area contributed by atoms with Gasteiger partial charge in [-0.25, -0.2) is 8.42 Å². The fourth-order valence-corrected chi connectivity index (χ4v) is 4.88. The zero-order valence-electron chi connectivity index (χ0n) is 16.4. The van der Waals surface area contributed by atoms with Crippen LogP contribution in [0.15, 0.2) is 35.4 Å². The third-order valence-corrected chi connectivity index (χ3v) is 6.64. The summed E-state index contributed by atoms with van der Waals surface area (Å²) in [4.78, 5) is 16.5. The molecule has 0 aliphatic rings. The van der Waals surface area contributed by atoms with Crippen molar-refractivity contribution < 1.29 is 17.9 Å². The van der Waals surface area contributed by atoms with Gasteiger partial charge in [-0.2, -0.15) is 4.31 Å². The Hall–Kier alpha value is -2.25. The van der Waals surface area contributed by atoms with E-state index in [0.717, 1.165) is 15.4 Å². The molecular formula is C20H26N2O4S. The number of nitrogens with zero attached hydrogens (tertiary/aromatic N) is 2. The predicted molar refractivity (Wildman–Crippen MR) is 104 cm³/mol. The smallest absolute Gasteiger partial charge is 0.321 e. The molecule has 0 amide bonds. The highest BCUT2D eigenvalue weighted by molar-refractivity contribution is 7.89. The van der Waals surface area contributed by atoms with E-state index >= 15 is 0 Å². The van der Waals surface area contributed by atoms with E-state index in [1.807, 2.05) is 19.9 Å². The molecule has 146 valence electrons. The maximum atomic E-state index is 13.5. The highest BCUT2D eigenvalue weighted by Gasteiger charge is 2.31. The lowest BCUT2D eigenvalue weighted by Crippen LogP contribution is -2.37. The summed E-state index contributed by atoms with van der Waals surface area (Å²) >= 11 is 0. The molecule has 1 heterocycles. The summed E-state index contributed by atoms with van der Waals surface area (Å²) in [6.45, 7) is 8.86. The summed E-state index contributed by atoms with van der Waals surface area (Å²) in [6.07, 6.45) is 1.60. The molecular weight excluding hydrogens is 364 g/mol. The number of hydrogen-bond donors (Lipinski definition) is 0. The van der Waals surface area contributed by atoms with Gasteiger partial charge in [-0.05, 0) is 69.0 Å². The molecule has 0 saturated carbocycles. The average Bonchev–Trinajstić information content (AvgIpc) is 2.60. The second-order valence-corrected chi connectivity index (χ2v) is 8.36. The Morgan fingerprint density at radius 1 is 1.11 bits per heavy atom. The SMILES string of the molecule is CCOC(=O)CN(Cc1ccccn1)S(=O)(=O)c1c(C)c(C)cc(C)c1C. The molecule has 0 spiro atoms. The molecule has 0 N–H and O–H groups in total. The average molecular weight is 391 g/mol. The molecule has 0 unspecified atom stereocenters. The lowest BCUT2D eigenvalue weighted by Gasteiger charge is -2.24. The number of carbonyl (C=O) groups is 1. The van der Waals surface area contributed by atoms with Crippen LogP contribution < -0.4 is 0 Å². The number of carbonyl (C=O) groups excluding carboxylic acids is 1. The second kappa shape index (κ2) is 8.63. The van der Waals surface area contributed by atoms with Crippen molar-refractivity contribution in [2.24, 2.45) is 0 Å². The number of sulfonamides is 1. The maximum absolute atomic E-state index is 13.5. The fourth-order valence-electron chi connectivity index (χ4n) is 2.95. The first-order chi connectivity index (χ1) is 12.7. The third kappa shape index (κ3) is 4.73. The highest BCUT2D eigenvalue weighted by Crippen LogP contribution is 2.29. The van der Waals surface area contributed by atoms with Crippen molar-refractivity contribution in [3.05, 3.63) is 58.4 Å². The number of aryl methyl sites for hydroxylation is 2. The van der Waals surface area contributed by atoms with E-state index in [1.165, 1.54) is 0 Å². The number of esters is 1. The van der Waals surface area contributed by atoms with Gasteiger partial charge in [0, 0.05) is 6.20 Å². The quantitative estimate of drug-likeness (QED) is 0.679. The predicted octanol–water partition coefficient (Wildman–Crippen LogP) is 3.07. The van der Waals surface area contributed by atoms with E-state index < -0.39 is 16.0 Å². The van der Waals surface area contributed by atoms with E-state index in [4.69, 9.17) is 4.74 Å². The molecule has 0 bridgehead atoms. The van der Waals surface area contributed by atoms with Crippen molar-refractivity contribution in [2.75, 3.05) is 13.2 Å². The van der Waals surface area contributed by atoms with Crippen LogP contribution in [0, 0.1) is 27.7 Å². The normalized spacial score (nSPS) is 11.6. The van der Waals surface area contributed by atoms with Gasteiger partial charge in [0.15, 0.2) is 0 Å². The van der Waals surface area contributed by atoms with Gasteiger partial charge in [-0.3, -0.25) is 9.78 Å². The number of aromatic nitrogens is 1. The molecule has 0 saturated heterocycles. The Morgan fingerprint density at radius 2 is 1.74 bits per heavy atom. The van der Waals surface area contributed by atoms with Crippen LogP contribution in [0.5, 0.6) is 0 Å². The highest BCUT2D eigenvalue weighted by atomic mass is 32.2. The molecule has 0 radical (unpaired) electrons. The summed E-state index contributed by atoms with van der Waals surface area (Å²) in [6, 6.07) is 7.24. The molecule has 7 heteroatoms. The third-order valence-electron chi connectivity index (χ3n) is 4.57. The fraction of sp³-hybridized carbons (Fsp3) is 0.400. The van der Waals surface area contributed by atoms with E-state index in [1.54, 1.807) is 45.2 Å². The van der Waals surface area contributed by atoms with Crippen LogP contribution in [0.3, 0.4) is 0 Å². The van der Waals surface area contributed by atoms with Crippen molar-refractivity contribution in [1.82, 2.24) is 9.29 Å². The van der Waals surface area contributed by atoms with Gasteiger partial charge in [-0.1, -0.05) is 12.1 Å². The van der Waals surface area contributed by atoms with Crippen LogP contribution in [-0.4, -0.2) is 36.8 Å².